The second-order valence-electron chi connectivity index (χ2n) is 6.77. The van der Waals surface area contributed by atoms with Crippen molar-refractivity contribution in [2.75, 3.05) is 13.2 Å². The van der Waals surface area contributed by atoms with Crippen molar-refractivity contribution in [1.82, 2.24) is 5.32 Å². The van der Waals surface area contributed by atoms with Crippen molar-refractivity contribution in [2.45, 2.75) is 77.0 Å². The molecule has 20 heavy (non-hydrogen) atoms. The van der Waals surface area contributed by atoms with E-state index < -0.39 is 0 Å². The summed E-state index contributed by atoms with van der Waals surface area (Å²) < 4.78 is 10.9. The van der Waals surface area contributed by atoms with Gasteiger partial charge >= 0.3 is 5.97 Å². The van der Waals surface area contributed by atoms with Crippen LogP contribution < -0.4 is 5.32 Å². The molecule has 1 saturated heterocycles. The normalized spacial score (nSPS) is 33.6. The number of hydrogen-bond acceptors (Lipinski definition) is 4. The quantitative estimate of drug-likeness (QED) is 0.806. The summed E-state index contributed by atoms with van der Waals surface area (Å²) in [5.74, 6) is 0.122. The summed E-state index contributed by atoms with van der Waals surface area (Å²) in [7, 11) is 0. The highest BCUT2D eigenvalue weighted by molar-refractivity contribution is 5.72. The smallest absolute Gasteiger partial charge is 0.308 e. The molecule has 2 rings (SSSR count). The minimum absolute atomic E-state index is 0.00171. The molecule has 1 unspecified atom stereocenters. The van der Waals surface area contributed by atoms with Gasteiger partial charge in [-0.1, -0.05) is 0 Å². The van der Waals surface area contributed by atoms with Gasteiger partial charge in [0.05, 0.1) is 18.1 Å². The van der Waals surface area contributed by atoms with E-state index in [1.54, 1.807) is 0 Å². The van der Waals surface area contributed by atoms with Crippen LogP contribution in [0.4, 0.5) is 0 Å². The van der Waals surface area contributed by atoms with Crippen LogP contribution in [-0.2, 0) is 14.3 Å². The Kier molecular flexibility index (Phi) is 5.44. The fraction of sp³-hybridized carbons (Fsp3) is 0.938. The molecule has 0 aromatic carbocycles. The molecule has 2 aliphatic rings. The predicted molar refractivity (Wildman–Crippen MR) is 78.6 cm³/mol. The van der Waals surface area contributed by atoms with Gasteiger partial charge in [-0.2, -0.15) is 0 Å². The molecule has 1 aliphatic heterocycles. The Balaban J connectivity index is 1.73. The molecule has 1 heterocycles. The Bertz CT molecular complexity index is 322. The highest BCUT2D eigenvalue weighted by Gasteiger charge is 2.32. The number of rotatable bonds is 4. The lowest BCUT2D eigenvalue weighted by atomic mass is 9.84. The summed E-state index contributed by atoms with van der Waals surface area (Å²) in [5, 5.41) is 3.77. The summed E-state index contributed by atoms with van der Waals surface area (Å²) in [6.07, 6.45) is 6.26. The van der Waals surface area contributed by atoms with Gasteiger partial charge < -0.3 is 14.8 Å². The van der Waals surface area contributed by atoms with Crippen LogP contribution in [0.25, 0.3) is 0 Å². The lowest BCUT2D eigenvalue weighted by Crippen LogP contribution is -2.48. The number of esters is 1. The van der Waals surface area contributed by atoms with Crippen molar-refractivity contribution >= 4 is 5.97 Å². The number of nitrogens with one attached hydrogen (secondary N) is 1. The maximum absolute atomic E-state index is 11.7. The summed E-state index contributed by atoms with van der Waals surface area (Å²) in [5.41, 5.74) is -0.00193. The predicted octanol–water partition coefficient (Wildman–Crippen LogP) is 2.66. The third-order valence-corrected chi connectivity index (χ3v) is 4.52. The molecule has 4 nitrogen and oxygen atoms in total. The second kappa shape index (κ2) is 6.90. The third kappa shape index (κ3) is 4.45. The van der Waals surface area contributed by atoms with Gasteiger partial charge in [-0.3, -0.25) is 4.79 Å². The Morgan fingerprint density at radius 1 is 1.20 bits per heavy atom. The fourth-order valence-electron chi connectivity index (χ4n) is 3.46. The average Bonchev–Trinajstić information content (AvgIpc) is 2.38. The number of carbonyl (C=O) groups is 1. The molecule has 0 radical (unpaired) electrons. The Morgan fingerprint density at radius 3 is 2.50 bits per heavy atom. The SMILES string of the molecule is CCOC(=O)C1CCC(NC2CCOC(C)(C)C2)CC1. The zero-order valence-corrected chi connectivity index (χ0v) is 13.1. The molecule has 2 fully saturated rings. The summed E-state index contributed by atoms with van der Waals surface area (Å²) >= 11 is 0. The number of ether oxygens (including phenoxy) is 2. The van der Waals surface area contributed by atoms with E-state index in [1.807, 2.05) is 6.92 Å². The molecular formula is C16H29NO3. The number of hydrogen-bond donors (Lipinski definition) is 1. The Hall–Kier alpha value is -0.610. The first-order chi connectivity index (χ1) is 9.50. The van der Waals surface area contributed by atoms with E-state index in [0.717, 1.165) is 45.1 Å². The molecule has 0 aromatic heterocycles. The van der Waals surface area contributed by atoms with Crippen LogP contribution in [-0.4, -0.2) is 36.9 Å². The first-order valence-electron chi connectivity index (χ1n) is 8.07. The van der Waals surface area contributed by atoms with Crippen LogP contribution in [0.5, 0.6) is 0 Å². The molecule has 0 amide bonds. The highest BCUT2D eigenvalue weighted by atomic mass is 16.5. The molecule has 0 bridgehead atoms. The van der Waals surface area contributed by atoms with E-state index in [9.17, 15) is 4.79 Å². The maximum atomic E-state index is 11.7. The minimum Gasteiger partial charge on any atom is -0.466 e. The topological polar surface area (TPSA) is 47.6 Å². The Labute approximate surface area is 122 Å². The lowest BCUT2D eigenvalue weighted by Gasteiger charge is -2.39. The second-order valence-corrected chi connectivity index (χ2v) is 6.77. The van der Waals surface area contributed by atoms with Crippen LogP contribution in [0.15, 0.2) is 0 Å². The van der Waals surface area contributed by atoms with Gasteiger partial charge in [-0.05, 0) is 59.3 Å². The molecule has 1 N–H and O–H groups in total. The van der Waals surface area contributed by atoms with Gasteiger partial charge in [0.2, 0.25) is 0 Å². The van der Waals surface area contributed by atoms with Crippen molar-refractivity contribution in [3.63, 3.8) is 0 Å². The van der Waals surface area contributed by atoms with Crippen molar-refractivity contribution in [2.24, 2.45) is 5.92 Å². The van der Waals surface area contributed by atoms with Gasteiger partial charge in [0.15, 0.2) is 0 Å². The van der Waals surface area contributed by atoms with Gasteiger partial charge in [0.1, 0.15) is 0 Å². The molecule has 1 aliphatic carbocycles. The van der Waals surface area contributed by atoms with E-state index in [2.05, 4.69) is 19.2 Å². The average molecular weight is 283 g/mol. The van der Waals surface area contributed by atoms with E-state index in [1.165, 1.54) is 0 Å². The Morgan fingerprint density at radius 2 is 1.90 bits per heavy atom. The molecule has 0 spiro atoms. The summed E-state index contributed by atoms with van der Waals surface area (Å²) in [6, 6.07) is 1.11. The van der Waals surface area contributed by atoms with E-state index in [4.69, 9.17) is 9.47 Å². The highest BCUT2D eigenvalue weighted by Crippen LogP contribution is 2.28. The van der Waals surface area contributed by atoms with Crippen molar-refractivity contribution in [3.05, 3.63) is 0 Å². The fourth-order valence-corrected chi connectivity index (χ4v) is 3.46. The first kappa shape index (κ1) is 15.8. The molecule has 0 aromatic rings. The monoisotopic (exact) mass is 283 g/mol. The number of carbonyl (C=O) groups excluding carboxylic acids is 1. The van der Waals surface area contributed by atoms with Crippen LogP contribution >= 0.6 is 0 Å². The van der Waals surface area contributed by atoms with Gasteiger partial charge in [0, 0.05) is 18.7 Å². The molecular weight excluding hydrogens is 254 g/mol. The van der Waals surface area contributed by atoms with E-state index in [-0.39, 0.29) is 17.5 Å². The third-order valence-electron chi connectivity index (χ3n) is 4.52. The van der Waals surface area contributed by atoms with Gasteiger partial charge in [-0.15, -0.1) is 0 Å². The largest absolute Gasteiger partial charge is 0.466 e. The van der Waals surface area contributed by atoms with Crippen LogP contribution in [0.3, 0.4) is 0 Å². The van der Waals surface area contributed by atoms with Crippen LogP contribution in [0.2, 0.25) is 0 Å². The molecule has 4 heteroatoms. The lowest BCUT2D eigenvalue weighted by molar-refractivity contribution is -0.149. The molecule has 1 saturated carbocycles. The van der Waals surface area contributed by atoms with E-state index in [0.29, 0.717) is 18.7 Å². The van der Waals surface area contributed by atoms with Crippen molar-refractivity contribution < 1.29 is 14.3 Å². The van der Waals surface area contributed by atoms with Gasteiger partial charge in [0.25, 0.3) is 0 Å². The maximum Gasteiger partial charge on any atom is 0.308 e. The zero-order valence-electron chi connectivity index (χ0n) is 13.1. The summed E-state index contributed by atoms with van der Waals surface area (Å²) in [6.45, 7) is 7.55. The van der Waals surface area contributed by atoms with E-state index >= 15 is 0 Å². The van der Waals surface area contributed by atoms with Gasteiger partial charge in [-0.25, -0.2) is 0 Å². The van der Waals surface area contributed by atoms with Crippen LogP contribution in [0.1, 0.15) is 59.3 Å². The zero-order chi connectivity index (χ0) is 14.6. The summed E-state index contributed by atoms with van der Waals surface area (Å²) in [4.78, 5) is 11.7. The molecule has 1 atom stereocenters. The van der Waals surface area contributed by atoms with Crippen molar-refractivity contribution in [3.8, 4) is 0 Å². The standard InChI is InChI=1S/C16H29NO3/c1-4-19-15(18)12-5-7-13(8-6-12)17-14-9-10-20-16(2,3)11-14/h12-14,17H,4-11H2,1-3H3. The van der Waals surface area contributed by atoms with Crippen LogP contribution in [0, 0.1) is 5.92 Å². The first-order valence-corrected chi connectivity index (χ1v) is 8.07. The minimum atomic E-state index is -0.00193. The van der Waals surface area contributed by atoms with Crippen molar-refractivity contribution in [1.29, 1.82) is 0 Å². The molecule has 116 valence electrons.